The first-order valence-corrected chi connectivity index (χ1v) is 12.6. The number of aryl methyl sites for hydroxylation is 4. The van der Waals surface area contributed by atoms with E-state index in [0.29, 0.717) is 17.4 Å². The minimum Gasteiger partial charge on any atom is -0.508 e. The fourth-order valence-corrected chi connectivity index (χ4v) is 6.22. The molecule has 4 rings (SSSR count). The van der Waals surface area contributed by atoms with E-state index >= 15 is 0 Å². The summed E-state index contributed by atoms with van der Waals surface area (Å²) in [6, 6.07) is 16.7. The highest BCUT2D eigenvalue weighted by atomic mass is 16.3. The smallest absolute Gasteiger partial charge is 0.121 e. The standard InChI is InChI=1S/C32H40O2/c1-20-16-26(17-21(2)29(20)24-8-10-28(33)11-9-24)31(5,6)25-12-14-32(7,15-13-25)27-18-22(3)30(34)23(4)19-27/h8-11,16-19,25,33-34H,12-15H2,1-7H3. The molecule has 0 aliphatic heterocycles. The second kappa shape index (κ2) is 8.80. The Morgan fingerprint density at radius 2 is 1.26 bits per heavy atom. The summed E-state index contributed by atoms with van der Waals surface area (Å²) in [6.45, 7) is 15.7. The average Bonchev–Trinajstić information content (AvgIpc) is 2.78. The van der Waals surface area contributed by atoms with Crippen molar-refractivity contribution < 1.29 is 10.2 Å². The van der Waals surface area contributed by atoms with E-state index in [1.165, 1.54) is 53.5 Å². The van der Waals surface area contributed by atoms with E-state index in [2.05, 4.69) is 58.9 Å². The van der Waals surface area contributed by atoms with Crippen LogP contribution < -0.4 is 0 Å². The molecule has 0 bridgehead atoms. The molecule has 0 saturated heterocycles. The van der Waals surface area contributed by atoms with Gasteiger partial charge in [0.05, 0.1) is 0 Å². The molecular weight excluding hydrogens is 416 g/mol. The molecule has 1 fully saturated rings. The molecule has 2 N–H and O–H groups in total. The van der Waals surface area contributed by atoms with Gasteiger partial charge in [-0.2, -0.15) is 0 Å². The molecule has 0 spiro atoms. The largest absolute Gasteiger partial charge is 0.508 e. The van der Waals surface area contributed by atoms with Gasteiger partial charge in [0.15, 0.2) is 0 Å². The van der Waals surface area contributed by atoms with Crippen molar-refractivity contribution in [2.75, 3.05) is 0 Å². The fourth-order valence-electron chi connectivity index (χ4n) is 6.22. The van der Waals surface area contributed by atoms with E-state index in [0.717, 1.165) is 16.7 Å². The van der Waals surface area contributed by atoms with Crippen LogP contribution in [-0.4, -0.2) is 10.2 Å². The summed E-state index contributed by atoms with van der Waals surface area (Å²) >= 11 is 0. The van der Waals surface area contributed by atoms with Gasteiger partial charge in [-0.25, -0.2) is 0 Å². The van der Waals surface area contributed by atoms with E-state index in [1.807, 2.05) is 26.0 Å². The third kappa shape index (κ3) is 4.35. The SMILES string of the molecule is Cc1cc(C2(C)CCC(C(C)(C)c3cc(C)c(-c4ccc(O)cc4)c(C)c3)CC2)cc(C)c1O. The summed E-state index contributed by atoms with van der Waals surface area (Å²) in [5.74, 6) is 1.38. The molecule has 3 aromatic carbocycles. The van der Waals surface area contributed by atoms with Crippen LogP contribution in [0.3, 0.4) is 0 Å². The maximum Gasteiger partial charge on any atom is 0.121 e. The molecule has 3 aromatic rings. The maximum atomic E-state index is 10.2. The second-order valence-corrected chi connectivity index (χ2v) is 11.5. The zero-order valence-electron chi connectivity index (χ0n) is 21.9. The molecule has 1 aliphatic carbocycles. The van der Waals surface area contributed by atoms with Gasteiger partial charge < -0.3 is 10.2 Å². The Labute approximate surface area is 205 Å². The molecule has 0 heterocycles. The van der Waals surface area contributed by atoms with Crippen molar-refractivity contribution in [2.24, 2.45) is 5.92 Å². The molecule has 1 saturated carbocycles. The lowest BCUT2D eigenvalue weighted by Gasteiger charge is -2.44. The summed E-state index contributed by atoms with van der Waals surface area (Å²) in [7, 11) is 0. The highest BCUT2D eigenvalue weighted by Crippen LogP contribution is 2.49. The van der Waals surface area contributed by atoms with Gasteiger partial charge in [-0.05, 0) is 127 Å². The first-order valence-electron chi connectivity index (χ1n) is 12.6. The van der Waals surface area contributed by atoms with Crippen molar-refractivity contribution >= 4 is 0 Å². The fraction of sp³-hybridized carbons (Fsp3) is 0.438. The Balaban J connectivity index is 1.57. The molecule has 180 valence electrons. The van der Waals surface area contributed by atoms with Gasteiger partial charge in [0.1, 0.15) is 11.5 Å². The van der Waals surface area contributed by atoms with Crippen LogP contribution in [0.25, 0.3) is 11.1 Å². The van der Waals surface area contributed by atoms with E-state index in [-0.39, 0.29) is 10.8 Å². The molecule has 34 heavy (non-hydrogen) atoms. The van der Waals surface area contributed by atoms with Crippen LogP contribution in [0.2, 0.25) is 0 Å². The Bertz CT molecular complexity index is 1150. The van der Waals surface area contributed by atoms with E-state index in [1.54, 1.807) is 12.1 Å². The summed E-state index contributed by atoms with van der Waals surface area (Å²) in [6.07, 6.45) is 4.77. The lowest BCUT2D eigenvalue weighted by atomic mass is 9.60. The normalized spacial score (nSPS) is 21.0. The van der Waals surface area contributed by atoms with Gasteiger partial charge >= 0.3 is 0 Å². The third-order valence-corrected chi connectivity index (χ3v) is 8.73. The number of phenols is 2. The number of phenolic OH excluding ortho intramolecular Hbond substituents is 2. The van der Waals surface area contributed by atoms with Crippen molar-refractivity contribution in [3.63, 3.8) is 0 Å². The van der Waals surface area contributed by atoms with Crippen molar-refractivity contribution in [2.45, 2.75) is 85.0 Å². The summed E-state index contributed by atoms with van der Waals surface area (Å²) in [5.41, 5.74) is 10.1. The second-order valence-electron chi connectivity index (χ2n) is 11.5. The number of hydrogen-bond acceptors (Lipinski definition) is 2. The highest BCUT2D eigenvalue weighted by Gasteiger charge is 2.40. The predicted octanol–water partition coefficient (Wildman–Crippen LogP) is 8.42. The molecule has 0 aromatic heterocycles. The Morgan fingerprint density at radius 1 is 0.765 bits per heavy atom. The van der Waals surface area contributed by atoms with Crippen molar-refractivity contribution in [3.8, 4) is 22.6 Å². The van der Waals surface area contributed by atoms with E-state index in [9.17, 15) is 10.2 Å². The van der Waals surface area contributed by atoms with Crippen LogP contribution >= 0.6 is 0 Å². The van der Waals surface area contributed by atoms with Gasteiger partial charge in [0, 0.05) is 0 Å². The van der Waals surface area contributed by atoms with Crippen molar-refractivity contribution in [1.82, 2.24) is 0 Å². The summed E-state index contributed by atoms with van der Waals surface area (Å²) < 4.78 is 0. The zero-order valence-corrected chi connectivity index (χ0v) is 21.9. The van der Waals surface area contributed by atoms with Gasteiger partial charge in [-0.15, -0.1) is 0 Å². The third-order valence-electron chi connectivity index (χ3n) is 8.73. The van der Waals surface area contributed by atoms with Gasteiger partial charge in [0.25, 0.3) is 0 Å². The molecule has 2 heteroatoms. The highest BCUT2D eigenvalue weighted by molar-refractivity contribution is 5.72. The average molecular weight is 457 g/mol. The van der Waals surface area contributed by atoms with Crippen LogP contribution in [-0.2, 0) is 10.8 Å². The zero-order chi connectivity index (χ0) is 24.8. The first kappa shape index (κ1) is 24.4. The number of aromatic hydroxyl groups is 2. The minimum atomic E-state index is 0.102. The van der Waals surface area contributed by atoms with Gasteiger partial charge in [0.2, 0.25) is 0 Å². The minimum absolute atomic E-state index is 0.102. The number of benzene rings is 3. The van der Waals surface area contributed by atoms with Crippen LogP contribution in [0.4, 0.5) is 0 Å². The Hall–Kier alpha value is -2.74. The number of hydrogen-bond donors (Lipinski definition) is 2. The lowest BCUT2D eigenvalue weighted by molar-refractivity contribution is 0.178. The monoisotopic (exact) mass is 456 g/mol. The van der Waals surface area contributed by atoms with Gasteiger partial charge in [-0.3, -0.25) is 0 Å². The van der Waals surface area contributed by atoms with Gasteiger partial charge in [-0.1, -0.05) is 57.2 Å². The Kier molecular flexibility index (Phi) is 6.31. The molecular formula is C32H40O2. The maximum absolute atomic E-state index is 10.2. The molecule has 0 radical (unpaired) electrons. The number of rotatable bonds is 4. The quantitative estimate of drug-likeness (QED) is 0.413. The molecule has 0 unspecified atom stereocenters. The van der Waals surface area contributed by atoms with E-state index < -0.39 is 0 Å². The van der Waals surface area contributed by atoms with Crippen LogP contribution in [0, 0.1) is 33.6 Å². The van der Waals surface area contributed by atoms with Crippen LogP contribution in [0.5, 0.6) is 11.5 Å². The van der Waals surface area contributed by atoms with Crippen LogP contribution in [0.1, 0.15) is 79.8 Å². The Morgan fingerprint density at radius 3 is 1.76 bits per heavy atom. The predicted molar refractivity (Wildman–Crippen MR) is 143 cm³/mol. The molecule has 0 atom stereocenters. The lowest BCUT2D eigenvalue weighted by Crippen LogP contribution is -2.37. The topological polar surface area (TPSA) is 40.5 Å². The summed E-state index contributed by atoms with van der Waals surface area (Å²) in [5, 5.41) is 19.9. The van der Waals surface area contributed by atoms with Crippen molar-refractivity contribution in [1.29, 1.82) is 0 Å². The first-order chi connectivity index (χ1) is 15.9. The molecule has 2 nitrogen and oxygen atoms in total. The van der Waals surface area contributed by atoms with E-state index in [4.69, 9.17) is 0 Å². The summed E-state index contributed by atoms with van der Waals surface area (Å²) in [4.78, 5) is 0. The molecule has 0 amide bonds. The van der Waals surface area contributed by atoms with Crippen LogP contribution in [0.15, 0.2) is 48.5 Å². The van der Waals surface area contributed by atoms with Crippen molar-refractivity contribution in [3.05, 3.63) is 81.9 Å². The molecule has 1 aliphatic rings.